The summed E-state index contributed by atoms with van der Waals surface area (Å²) in [6.07, 6.45) is 0. The third-order valence-corrected chi connectivity index (χ3v) is 3.99. The fraction of sp³-hybridized carbons (Fsp3) is 0.267. The van der Waals surface area contributed by atoms with Gasteiger partial charge in [0.15, 0.2) is 0 Å². The molecule has 0 atom stereocenters. The highest BCUT2D eigenvalue weighted by molar-refractivity contribution is 7.99. The summed E-state index contributed by atoms with van der Waals surface area (Å²) in [7, 11) is 0. The maximum atomic E-state index is 12.1. The number of rotatable bonds is 6. The molecule has 132 valence electrons. The van der Waals surface area contributed by atoms with E-state index in [9.17, 15) is 14.4 Å². The van der Waals surface area contributed by atoms with Gasteiger partial charge in [0.2, 0.25) is 11.1 Å². The third kappa shape index (κ3) is 4.57. The number of hydrogen-bond donors (Lipinski definition) is 2. The molecule has 0 saturated carbocycles. The Morgan fingerprint density at radius 3 is 2.76 bits per heavy atom. The number of nitrogens with zero attached hydrogens (tertiary/aromatic N) is 3. The molecule has 25 heavy (non-hydrogen) atoms. The zero-order valence-electron chi connectivity index (χ0n) is 13.7. The minimum Gasteiger partial charge on any atom is -0.462 e. The first-order chi connectivity index (χ1) is 11.9. The van der Waals surface area contributed by atoms with Gasteiger partial charge in [0.1, 0.15) is 5.69 Å². The molecule has 1 aromatic carbocycles. The Bertz CT molecular complexity index is 852. The lowest BCUT2D eigenvalue weighted by molar-refractivity contribution is -0.113. The molecule has 0 aliphatic heterocycles. The highest BCUT2D eigenvalue weighted by atomic mass is 32.2. The van der Waals surface area contributed by atoms with E-state index < -0.39 is 17.4 Å². The zero-order chi connectivity index (χ0) is 18.4. The summed E-state index contributed by atoms with van der Waals surface area (Å²) in [5.74, 6) is 4.63. The van der Waals surface area contributed by atoms with E-state index >= 15 is 0 Å². The van der Waals surface area contributed by atoms with E-state index in [1.54, 1.807) is 31.2 Å². The summed E-state index contributed by atoms with van der Waals surface area (Å²) in [5.41, 5.74) is 0.283. The Kier molecular flexibility index (Phi) is 6.12. The van der Waals surface area contributed by atoms with Gasteiger partial charge < -0.3 is 15.9 Å². The second kappa shape index (κ2) is 8.29. The van der Waals surface area contributed by atoms with Crippen LogP contribution in [0.15, 0.2) is 34.2 Å². The van der Waals surface area contributed by atoms with Crippen molar-refractivity contribution in [2.24, 2.45) is 0 Å². The molecule has 1 aromatic heterocycles. The average molecular weight is 363 g/mol. The highest BCUT2D eigenvalue weighted by Crippen LogP contribution is 2.18. The molecule has 1 amide bonds. The van der Waals surface area contributed by atoms with Crippen LogP contribution in [0, 0.1) is 6.92 Å². The molecule has 0 radical (unpaired) electrons. The number of nitrogens with two attached hydrogens (primary N) is 1. The number of aryl methyl sites for hydroxylation is 1. The number of aromatic nitrogens is 3. The van der Waals surface area contributed by atoms with Gasteiger partial charge in [-0.05, 0) is 26.0 Å². The van der Waals surface area contributed by atoms with Crippen LogP contribution in [-0.4, -0.2) is 39.1 Å². The number of nitrogen functional groups attached to an aromatic ring is 1. The molecule has 0 saturated heterocycles. The molecule has 2 rings (SSSR count). The van der Waals surface area contributed by atoms with Crippen molar-refractivity contribution in [3.8, 4) is 0 Å². The van der Waals surface area contributed by atoms with Crippen molar-refractivity contribution in [2.45, 2.75) is 19.0 Å². The maximum absolute atomic E-state index is 12.1. The van der Waals surface area contributed by atoms with Crippen molar-refractivity contribution in [3.05, 3.63) is 45.9 Å². The van der Waals surface area contributed by atoms with Crippen molar-refractivity contribution < 1.29 is 14.3 Å². The van der Waals surface area contributed by atoms with Crippen molar-refractivity contribution in [3.63, 3.8) is 0 Å². The molecule has 0 unspecified atom stereocenters. The van der Waals surface area contributed by atoms with Crippen LogP contribution in [0.5, 0.6) is 0 Å². The molecule has 10 heteroatoms. The van der Waals surface area contributed by atoms with E-state index in [4.69, 9.17) is 10.6 Å². The third-order valence-electron chi connectivity index (χ3n) is 3.05. The number of ether oxygens (including phenoxy) is 1. The standard InChI is InChI=1S/C15H17N5O4S/c1-3-24-14(23)10-6-4-5-7-11(10)17-12(21)8-25-15-19-18-9(2)13(22)20(15)16/h4-7H,3,8,16H2,1-2H3,(H,17,21). The Morgan fingerprint density at radius 1 is 1.32 bits per heavy atom. The first kappa shape index (κ1) is 18.5. The fourth-order valence-electron chi connectivity index (χ4n) is 1.86. The van der Waals surface area contributed by atoms with Crippen LogP contribution in [0.1, 0.15) is 23.0 Å². The smallest absolute Gasteiger partial charge is 0.340 e. The van der Waals surface area contributed by atoms with Crippen LogP contribution in [0.3, 0.4) is 0 Å². The largest absolute Gasteiger partial charge is 0.462 e. The van der Waals surface area contributed by atoms with Crippen LogP contribution in [0.4, 0.5) is 5.69 Å². The van der Waals surface area contributed by atoms with Gasteiger partial charge in [0.25, 0.3) is 5.56 Å². The van der Waals surface area contributed by atoms with Gasteiger partial charge in [-0.1, -0.05) is 23.9 Å². The molecule has 1 heterocycles. The fourth-order valence-corrected chi connectivity index (χ4v) is 2.52. The van der Waals surface area contributed by atoms with Gasteiger partial charge in [0, 0.05) is 0 Å². The molecule has 9 nitrogen and oxygen atoms in total. The molecule has 0 aliphatic carbocycles. The van der Waals surface area contributed by atoms with Crippen LogP contribution in [-0.2, 0) is 9.53 Å². The summed E-state index contributed by atoms with van der Waals surface area (Å²) >= 11 is 0.958. The van der Waals surface area contributed by atoms with Crippen molar-refractivity contribution in [1.82, 2.24) is 14.9 Å². The number of hydrogen-bond acceptors (Lipinski definition) is 8. The Labute approximate surface area is 147 Å². The molecule has 0 bridgehead atoms. The molecule has 0 spiro atoms. The first-order valence-corrected chi connectivity index (χ1v) is 8.32. The molecule has 0 aliphatic rings. The van der Waals surface area contributed by atoms with E-state index in [0.717, 1.165) is 16.4 Å². The van der Waals surface area contributed by atoms with Gasteiger partial charge in [-0.25, -0.2) is 4.79 Å². The summed E-state index contributed by atoms with van der Waals surface area (Å²) in [6, 6.07) is 6.52. The second-order valence-electron chi connectivity index (χ2n) is 4.85. The Balaban J connectivity index is 2.05. The zero-order valence-corrected chi connectivity index (χ0v) is 14.5. The number of para-hydroxylation sites is 1. The van der Waals surface area contributed by atoms with E-state index in [1.165, 1.54) is 6.92 Å². The number of anilines is 1. The second-order valence-corrected chi connectivity index (χ2v) is 5.79. The minimum absolute atomic E-state index is 0.0639. The first-order valence-electron chi connectivity index (χ1n) is 7.34. The molecule has 3 N–H and O–H groups in total. The predicted octanol–water partition coefficient (Wildman–Crippen LogP) is 0.568. The average Bonchev–Trinajstić information content (AvgIpc) is 2.60. The lowest BCUT2D eigenvalue weighted by Crippen LogP contribution is -2.32. The van der Waals surface area contributed by atoms with Crippen LogP contribution in [0.25, 0.3) is 0 Å². The van der Waals surface area contributed by atoms with Gasteiger partial charge >= 0.3 is 5.97 Å². The molecule has 0 fully saturated rings. The number of carbonyl (C=O) groups is 2. The summed E-state index contributed by atoms with van der Waals surface area (Å²) in [5, 5.41) is 10.2. The topological polar surface area (TPSA) is 129 Å². The number of thioether (sulfide) groups is 1. The van der Waals surface area contributed by atoms with E-state index in [2.05, 4.69) is 15.5 Å². The van der Waals surface area contributed by atoms with Crippen LogP contribution >= 0.6 is 11.8 Å². The van der Waals surface area contributed by atoms with Gasteiger partial charge in [-0.2, -0.15) is 4.68 Å². The highest BCUT2D eigenvalue weighted by Gasteiger charge is 2.15. The maximum Gasteiger partial charge on any atom is 0.340 e. The van der Waals surface area contributed by atoms with Crippen LogP contribution in [0.2, 0.25) is 0 Å². The summed E-state index contributed by atoms with van der Waals surface area (Å²) in [4.78, 5) is 35.7. The lowest BCUT2D eigenvalue weighted by atomic mass is 10.2. The van der Waals surface area contributed by atoms with E-state index in [1.807, 2.05) is 0 Å². The number of nitrogens with one attached hydrogen (secondary N) is 1. The van der Waals surface area contributed by atoms with Crippen molar-refractivity contribution in [2.75, 3.05) is 23.5 Å². The monoisotopic (exact) mass is 363 g/mol. The van der Waals surface area contributed by atoms with E-state index in [0.29, 0.717) is 5.69 Å². The van der Waals surface area contributed by atoms with Crippen molar-refractivity contribution >= 4 is 29.3 Å². The predicted molar refractivity (Wildman–Crippen MR) is 92.9 cm³/mol. The number of benzene rings is 1. The quantitative estimate of drug-likeness (QED) is 0.433. The van der Waals surface area contributed by atoms with Crippen molar-refractivity contribution in [1.29, 1.82) is 0 Å². The summed E-state index contributed by atoms with van der Waals surface area (Å²) in [6.45, 7) is 3.42. The van der Waals surface area contributed by atoms with E-state index in [-0.39, 0.29) is 28.8 Å². The Hall–Kier alpha value is -2.88. The summed E-state index contributed by atoms with van der Waals surface area (Å²) < 4.78 is 5.79. The van der Waals surface area contributed by atoms with Gasteiger partial charge in [-0.15, -0.1) is 10.2 Å². The Morgan fingerprint density at radius 2 is 2.04 bits per heavy atom. The SMILES string of the molecule is CCOC(=O)c1ccccc1NC(=O)CSc1nnc(C)c(=O)n1N. The van der Waals surface area contributed by atoms with Gasteiger partial charge in [0.05, 0.1) is 23.6 Å². The minimum atomic E-state index is -0.522. The molecular formula is C15H17N5O4S. The van der Waals surface area contributed by atoms with Gasteiger partial charge in [-0.3, -0.25) is 9.59 Å². The molecular weight excluding hydrogens is 346 g/mol. The normalized spacial score (nSPS) is 10.3. The lowest BCUT2D eigenvalue weighted by Gasteiger charge is -2.10. The number of amides is 1. The molecule has 2 aromatic rings. The number of esters is 1. The van der Waals surface area contributed by atoms with Crippen LogP contribution < -0.4 is 16.7 Å². The number of carbonyl (C=O) groups excluding carboxylic acids is 2.